The second kappa shape index (κ2) is 5.67. The molecule has 0 bridgehead atoms. The topological polar surface area (TPSA) is 54.2 Å². The molecule has 2 aromatic rings. The highest BCUT2D eigenvalue weighted by molar-refractivity contribution is 5.47. The van der Waals surface area contributed by atoms with Crippen LogP contribution in [0.15, 0.2) is 42.5 Å². The fraction of sp³-hybridized carbons (Fsp3) is 0.214. The average molecular weight is 260 g/mol. The van der Waals surface area contributed by atoms with Crippen LogP contribution in [0, 0.1) is 5.82 Å². The number of hydrogen-bond donors (Lipinski definition) is 2. The first-order chi connectivity index (χ1) is 9.13. The molecule has 3 N–H and O–H groups in total. The number of pyridine rings is 1. The molecule has 5 heteroatoms. The van der Waals surface area contributed by atoms with Crippen LogP contribution in [0.4, 0.5) is 16.0 Å². The number of rotatable bonds is 4. The highest BCUT2D eigenvalue weighted by Gasteiger charge is 2.16. The Kier molecular flexibility index (Phi) is 3.97. The Balaban J connectivity index is 2.28. The van der Waals surface area contributed by atoms with Crippen molar-refractivity contribution in [3.63, 3.8) is 0 Å². The number of benzene rings is 1. The molecule has 1 atom stereocenters. The third-order valence-electron chi connectivity index (χ3n) is 3.18. The van der Waals surface area contributed by atoms with Crippen molar-refractivity contribution >= 4 is 11.6 Å². The van der Waals surface area contributed by atoms with Gasteiger partial charge in [-0.1, -0.05) is 24.3 Å². The van der Waals surface area contributed by atoms with Crippen molar-refractivity contribution in [1.29, 1.82) is 0 Å². The minimum Gasteiger partial charge on any atom is -0.353 e. The summed E-state index contributed by atoms with van der Waals surface area (Å²) in [6, 6.07) is 12.1. The SMILES string of the molecule is CC(c1ccccc1F)N(C)c1cccc(NN)n1. The molecule has 0 amide bonds. The van der Waals surface area contributed by atoms with Crippen LogP contribution in [0.5, 0.6) is 0 Å². The van der Waals surface area contributed by atoms with Crippen LogP contribution in [0.2, 0.25) is 0 Å². The van der Waals surface area contributed by atoms with E-state index in [1.54, 1.807) is 18.2 Å². The third-order valence-corrected chi connectivity index (χ3v) is 3.18. The zero-order valence-corrected chi connectivity index (χ0v) is 11.0. The minimum absolute atomic E-state index is 0.123. The zero-order valence-electron chi connectivity index (χ0n) is 11.0. The molecule has 1 heterocycles. The third kappa shape index (κ3) is 2.82. The molecule has 0 fully saturated rings. The van der Waals surface area contributed by atoms with Crippen LogP contribution >= 0.6 is 0 Å². The number of halogens is 1. The van der Waals surface area contributed by atoms with Crippen molar-refractivity contribution < 1.29 is 4.39 Å². The molecule has 1 unspecified atom stereocenters. The standard InChI is InChI=1S/C14H17FN4/c1-10(11-6-3-4-7-12(11)15)19(2)14-9-5-8-13(17-14)18-16/h3-10H,16H2,1-2H3,(H,17,18). The molecule has 0 aliphatic rings. The molecule has 19 heavy (non-hydrogen) atoms. The van der Waals surface area contributed by atoms with E-state index >= 15 is 0 Å². The number of nitrogen functional groups attached to an aromatic ring is 1. The van der Waals surface area contributed by atoms with Gasteiger partial charge in [-0.2, -0.15) is 0 Å². The van der Waals surface area contributed by atoms with Crippen LogP contribution in [0.3, 0.4) is 0 Å². The van der Waals surface area contributed by atoms with Gasteiger partial charge in [-0.15, -0.1) is 0 Å². The van der Waals surface area contributed by atoms with E-state index in [0.29, 0.717) is 11.4 Å². The number of hydrogen-bond acceptors (Lipinski definition) is 4. The Hall–Kier alpha value is -2.14. The van der Waals surface area contributed by atoms with E-state index in [2.05, 4.69) is 10.4 Å². The summed E-state index contributed by atoms with van der Waals surface area (Å²) in [6.07, 6.45) is 0. The second-order valence-electron chi connectivity index (χ2n) is 4.33. The normalized spacial score (nSPS) is 12.0. The molecule has 2 rings (SSSR count). The number of nitrogens with two attached hydrogens (primary N) is 1. The van der Waals surface area contributed by atoms with Crippen LogP contribution in [0.1, 0.15) is 18.5 Å². The number of anilines is 2. The molecule has 1 aromatic heterocycles. The van der Waals surface area contributed by atoms with Gasteiger partial charge in [0.05, 0.1) is 6.04 Å². The maximum absolute atomic E-state index is 13.8. The molecule has 0 spiro atoms. The van der Waals surface area contributed by atoms with E-state index in [0.717, 1.165) is 5.82 Å². The van der Waals surface area contributed by atoms with Crippen molar-refractivity contribution in [1.82, 2.24) is 4.98 Å². The lowest BCUT2D eigenvalue weighted by Gasteiger charge is -2.26. The largest absolute Gasteiger partial charge is 0.353 e. The van der Waals surface area contributed by atoms with Gasteiger partial charge in [0.15, 0.2) is 0 Å². The number of hydrazine groups is 1. The molecule has 0 saturated carbocycles. The average Bonchev–Trinajstić information content (AvgIpc) is 2.46. The molecule has 0 radical (unpaired) electrons. The summed E-state index contributed by atoms with van der Waals surface area (Å²) in [7, 11) is 1.87. The summed E-state index contributed by atoms with van der Waals surface area (Å²) >= 11 is 0. The molecule has 0 aliphatic heterocycles. The quantitative estimate of drug-likeness (QED) is 0.655. The summed E-state index contributed by atoms with van der Waals surface area (Å²) in [5.41, 5.74) is 3.14. The summed E-state index contributed by atoms with van der Waals surface area (Å²) in [4.78, 5) is 6.24. The smallest absolute Gasteiger partial charge is 0.142 e. The van der Waals surface area contributed by atoms with E-state index in [1.807, 2.05) is 37.1 Å². The van der Waals surface area contributed by atoms with Gasteiger partial charge in [-0.05, 0) is 25.1 Å². The van der Waals surface area contributed by atoms with E-state index in [-0.39, 0.29) is 11.9 Å². The lowest BCUT2D eigenvalue weighted by atomic mass is 10.1. The number of nitrogens with one attached hydrogen (secondary N) is 1. The van der Waals surface area contributed by atoms with Crippen molar-refractivity contribution in [3.8, 4) is 0 Å². The van der Waals surface area contributed by atoms with E-state index in [1.165, 1.54) is 6.07 Å². The molecule has 0 aliphatic carbocycles. The minimum atomic E-state index is -0.213. The van der Waals surface area contributed by atoms with Crippen molar-refractivity contribution in [2.45, 2.75) is 13.0 Å². The van der Waals surface area contributed by atoms with Gasteiger partial charge < -0.3 is 10.3 Å². The lowest BCUT2D eigenvalue weighted by Crippen LogP contribution is -2.24. The van der Waals surface area contributed by atoms with Gasteiger partial charge in [0.25, 0.3) is 0 Å². The summed E-state index contributed by atoms with van der Waals surface area (Å²) < 4.78 is 13.8. The van der Waals surface area contributed by atoms with Gasteiger partial charge in [0, 0.05) is 12.6 Å². The molecular weight excluding hydrogens is 243 g/mol. The Morgan fingerprint density at radius 1 is 1.21 bits per heavy atom. The Bertz CT molecular complexity index is 559. The molecule has 100 valence electrons. The maximum atomic E-state index is 13.8. The second-order valence-corrected chi connectivity index (χ2v) is 4.33. The van der Waals surface area contributed by atoms with Gasteiger partial charge in [0.1, 0.15) is 17.5 Å². The van der Waals surface area contributed by atoms with Crippen LogP contribution in [-0.4, -0.2) is 12.0 Å². The van der Waals surface area contributed by atoms with Crippen molar-refractivity contribution in [2.24, 2.45) is 5.84 Å². The Labute approximate surface area is 112 Å². The fourth-order valence-electron chi connectivity index (χ4n) is 1.92. The Morgan fingerprint density at radius 2 is 1.95 bits per heavy atom. The first kappa shape index (κ1) is 13.3. The molecule has 4 nitrogen and oxygen atoms in total. The predicted octanol–water partition coefficient (Wildman–Crippen LogP) is 2.70. The van der Waals surface area contributed by atoms with Crippen LogP contribution in [0.25, 0.3) is 0 Å². The van der Waals surface area contributed by atoms with Crippen molar-refractivity contribution in [2.75, 3.05) is 17.4 Å². The van der Waals surface area contributed by atoms with E-state index in [9.17, 15) is 4.39 Å². The molecular formula is C14H17FN4. The summed E-state index contributed by atoms with van der Waals surface area (Å²) in [5, 5.41) is 0. The van der Waals surface area contributed by atoms with Crippen LogP contribution in [-0.2, 0) is 0 Å². The molecule has 0 saturated heterocycles. The lowest BCUT2D eigenvalue weighted by molar-refractivity contribution is 0.584. The van der Waals surface area contributed by atoms with Crippen LogP contribution < -0.4 is 16.2 Å². The number of nitrogens with zero attached hydrogens (tertiary/aromatic N) is 2. The monoisotopic (exact) mass is 260 g/mol. The highest BCUT2D eigenvalue weighted by Crippen LogP contribution is 2.26. The number of aromatic nitrogens is 1. The molecule has 1 aromatic carbocycles. The van der Waals surface area contributed by atoms with Gasteiger partial charge in [-0.3, -0.25) is 0 Å². The maximum Gasteiger partial charge on any atom is 0.142 e. The predicted molar refractivity (Wildman–Crippen MR) is 75.3 cm³/mol. The fourth-order valence-corrected chi connectivity index (χ4v) is 1.92. The van der Waals surface area contributed by atoms with Gasteiger partial charge >= 0.3 is 0 Å². The van der Waals surface area contributed by atoms with Gasteiger partial charge in [-0.25, -0.2) is 15.2 Å². The first-order valence-electron chi connectivity index (χ1n) is 6.04. The van der Waals surface area contributed by atoms with Crippen molar-refractivity contribution in [3.05, 3.63) is 53.8 Å². The zero-order chi connectivity index (χ0) is 13.8. The summed E-state index contributed by atoms with van der Waals surface area (Å²) in [6.45, 7) is 1.93. The van der Waals surface area contributed by atoms with E-state index < -0.39 is 0 Å². The Morgan fingerprint density at radius 3 is 2.63 bits per heavy atom. The summed E-state index contributed by atoms with van der Waals surface area (Å²) in [5.74, 6) is 6.43. The highest BCUT2D eigenvalue weighted by atomic mass is 19.1. The van der Waals surface area contributed by atoms with E-state index in [4.69, 9.17) is 5.84 Å². The first-order valence-corrected chi connectivity index (χ1v) is 6.04. The van der Waals surface area contributed by atoms with Gasteiger partial charge in [0.2, 0.25) is 0 Å².